The first-order valence-electron chi connectivity index (χ1n) is 4.66. The highest BCUT2D eigenvalue weighted by Crippen LogP contribution is 2.38. The molecule has 2 rings (SSSR count). The molecule has 0 aromatic carbocycles. The molecule has 4 nitrogen and oxygen atoms in total. The van der Waals surface area contributed by atoms with E-state index in [1.165, 1.54) is 11.3 Å². The van der Waals surface area contributed by atoms with Gasteiger partial charge in [-0.3, -0.25) is 0 Å². The van der Waals surface area contributed by atoms with Crippen molar-refractivity contribution in [3.8, 4) is 0 Å². The largest absolute Gasteiger partial charge is 0.545 e. The predicted octanol–water partition coefficient (Wildman–Crippen LogP) is 0.545. The summed E-state index contributed by atoms with van der Waals surface area (Å²) >= 11 is 1.28. The molecular weight excluding hydrogens is 214 g/mol. The number of carbonyl (C=O) groups is 1. The Morgan fingerprint density at radius 3 is 2.87 bits per heavy atom. The molecule has 0 radical (unpaired) electrons. The van der Waals surface area contributed by atoms with E-state index in [0.717, 1.165) is 10.4 Å². The summed E-state index contributed by atoms with van der Waals surface area (Å²) < 4.78 is 5.58. The number of rotatable bonds is 1. The van der Waals surface area contributed by atoms with Gasteiger partial charge in [0.2, 0.25) is 0 Å². The van der Waals surface area contributed by atoms with E-state index in [2.05, 4.69) is 0 Å². The van der Waals surface area contributed by atoms with Crippen molar-refractivity contribution >= 4 is 22.3 Å². The third-order valence-corrected chi connectivity index (χ3v) is 3.55. The van der Waals surface area contributed by atoms with Gasteiger partial charge in [0.1, 0.15) is 0 Å². The second kappa shape index (κ2) is 3.21. The highest BCUT2D eigenvalue weighted by atomic mass is 32.1. The molecular formula is C10H12NO3S-. The molecule has 0 atom stereocenters. The van der Waals surface area contributed by atoms with Crippen LogP contribution in [-0.2, 0) is 17.8 Å². The quantitative estimate of drug-likeness (QED) is 0.758. The van der Waals surface area contributed by atoms with Crippen molar-refractivity contribution in [1.29, 1.82) is 0 Å². The zero-order chi connectivity index (χ0) is 11.2. The number of thiophene rings is 1. The van der Waals surface area contributed by atoms with Crippen LogP contribution in [0.15, 0.2) is 0 Å². The molecule has 2 N–H and O–H groups in total. The fourth-order valence-corrected chi connectivity index (χ4v) is 2.79. The molecule has 0 unspecified atom stereocenters. The maximum Gasteiger partial charge on any atom is 0.0955 e. The van der Waals surface area contributed by atoms with E-state index in [4.69, 9.17) is 10.5 Å². The van der Waals surface area contributed by atoms with Crippen LogP contribution in [0.2, 0.25) is 0 Å². The Kier molecular flexibility index (Phi) is 2.24. The zero-order valence-electron chi connectivity index (χ0n) is 8.62. The fraction of sp³-hybridized carbons (Fsp3) is 0.500. The number of anilines is 1. The molecule has 0 aliphatic carbocycles. The minimum Gasteiger partial charge on any atom is -0.545 e. The Bertz CT molecular complexity index is 423. The van der Waals surface area contributed by atoms with Gasteiger partial charge in [-0.05, 0) is 19.4 Å². The van der Waals surface area contributed by atoms with Gasteiger partial charge in [0.25, 0.3) is 0 Å². The van der Waals surface area contributed by atoms with Crippen molar-refractivity contribution in [2.75, 3.05) is 5.73 Å². The van der Waals surface area contributed by atoms with Crippen LogP contribution < -0.4 is 10.8 Å². The second-order valence-corrected chi connectivity index (χ2v) is 5.39. The van der Waals surface area contributed by atoms with Gasteiger partial charge in [0.05, 0.1) is 23.2 Å². The summed E-state index contributed by atoms with van der Waals surface area (Å²) in [5.41, 5.74) is 6.27. The lowest BCUT2D eigenvalue weighted by Gasteiger charge is -2.30. The summed E-state index contributed by atoms with van der Waals surface area (Å²) in [6.45, 7) is 4.30. The molecule has 1 aromatic rings. The van der Waals surface area contributed by atoms with E-state index < -0.39 is 5.97 Å². The smallest absolute Gasteiger partial charge is 0.0955 e. The summed E-state index contributed by atoms with van der Waals surface area (Å²) in [5, 5.41) is 11.3. The zero-order valence-corrected chi connectivity index (χ0v) is 9.44. The van der Waals surface area contributed by atoms with Crippen molar-refractivity contribution < 1.29 is 14.6 Å². The lowest BCUT2D eigenvalue weighted by atomic mass is 9.93. The minimum atomic E-state index is -1.19. The second-order valence-electron chi connectivity index (χ2n) is 4.26. The number of nitrogens with two attached hydrogens (primary N) is 1. The molecule has 2 heterocycles. The number of hydrogen-bond donors (Lipinski definition) is 1. The Hall–Kier alpha value is -1.07. The standard InChI is InChI=1S/C10H13NO3S/c1-10(2)3-5-6(4-14-10)15-8(11)7(5)9(12)13/h3-4,11H2,1-2H3,(H,12,13)/p-1. The van der Waals surface area contributed by atoms with Crippen LogP contribution in [-0.4, -0.2) is 11.6 Å². The Balaban J connectivity index is 2.51. The molecule has 0 saturated carbocycles. The molecule has 0 bridgehead atoms. The normalized spacial score (nSPS) is 18.5. The van der Waals surface area contributed by atoms with Crippen molar-refractivity contribution in [1.82, 2.24) is 0 Å². The average Bonchev–Trinajstić information content (AvgIpc) is 2.38. The lowest BCUT2D eigenvalue weighted by molar-refractivity contribution is -0.255. The number of aromatic carboxylic acids is 1. The highest BCUT2D eigenvalue weighted by Gasteiger charge is 2.30. The first-order valence-corrected chi connectivity index (χ1v) is 5.48. The number of carboxylic acid groups (broad SMARTS) is 1. The van der Waals surface area contributed by atoms with E-state index in [0.29, 0.717) is 18.0 Å². The van der Waals surface area contributed by atoms with Crippen LogP contribution in [0, 0.1) is 0 Å². The summed E-state index contributed by atoms with van der Waals surface area (Å²) in [5.74, 6) is -1.19. The number of ether oxygens (including phenoxy) is 1. The van der Waals surface area contributed by atoms with Gasteiger partial charge >= 0.3 is 0 Å². The van der Waals surface area contributed by atoms with Gasteiger partial charge < -0.3 is 20.4 Å². The molecule has 0 amide bonds. The summed E-state index contributed by atoms with van der Waals surface area (Å²) in [7, 11) is 0. The van der Waals surface area contributed by atoms with E-state index >= 15 is 0 Å². The van der Waals surface area contributed by atoms with Crippen LogP contribution in [0.25, 0.3) is 0 Å². The van der Waals surface area contributed by atoms with Gasteiger partial charge in [-0.1, -0.05) is 0 Å². The van der Waals surface area contributed by atoms with E-state index in [1.54, 1.807) is 0 Å². The average molecular weight is 226 g/mol. The van der Waals surface area contributed by atoms with Gasteiger partial charge in [-0.2, -0.15) is 0 Å². The van der Waals surface area contributed by atoms with E-state index in [-0.39, 0.29) is 11.2 Å². The molecule has 1 aliphatic heterocycles. The first kappa shape index (κ1) is 10.4. The molecule has 5 heteroatoms. The SMILES string of the molecule is CC1(C)Cc2c(sc(N)c2C(=O)[O-])CO1. The summed E-state index contributed by atoms with van der Waals surface area (Å²) in [4.78, 5) is 11.8. The molecule has 0 spiro atoms. The topological polar surface area (TPSA) is 75.4 Å². The first-order chi connectivity index (χ1) is 6.91. The fourth-order valence-electron chi connectivity index (χ4n) is 1.80. The highest BCUT2D eigenvalue weighted by molar-refractivity contribution is 7.16. The third kappa shape index (κ3) is 1.72. The third-order valence-electron chi connectivity index (χ3n) is 2.52. The Morgan fingerprint density at radius 1 is 1.60 bits per heavy atom. The number of carboxylic acids is 1. The molecule has 0 fully saturated rings. The van der Waals surface area contributed by atoms with Gasteiger partial charge in [-0.25, -0.2) is 0 Å². The number of carbonyl (C=O) groups excluding carboxylic acids is 1. The van der Waals surface area contributed by atoms with Gasteiger partial charge in [0.15, 0.2) is 0 Å². The van der Waals surface area contributed by atoms with Crippen molar-refractivity contribution in [3.63, 3.8) is 0 Å². The van der Waals surface area contributed by atoms with Crippen LogP contribution in [0.3, 0.4) is 0 Å². The monoisotopic (exact) mass is 226 g/mol. The van der Waals surface area contributed by atoms with Crippen LogP contribution in [0.1, 0.15) is 34.6 Å². The molecule has 1 aromatic heterocycles. The van der Waals surface area contributed by atoms with E-state index in [1.807, 2.05) is 13.8 Å². The van der Waals surface area contributed by atoms with Gasteiger partial charge in [-0.15, -0.1) is 11.3 Å². The van der Waals surface area contributed by atoms with Crippen molar-refractivity contribution in [3.05, 3.63) is 16.0 Å². The van der Waals surface area contributed by atoms with Gasteiger partial charge in [0, 0.05) is 16.9 Å². The lowest BCUT2D eigenvalue weighted by Crippen LogP contribution is -2.33. The Morgan fingerprint density at radius 2 is 2.27 bits per heavy atom. The molecule has 1 aliphatic rings. The van der Waals surface area contributed by atoms with Crippen molar-refractivity contribution in [2.24, 2.45) is 0 Å². The maximum atomic E-state index is 10.9. The van der Waals surface area contributed by atoms with Crippen LogP contribution >= 0.6 is 11.3 Å². The number of fused-ring (bicyclic) bond motifs is 1. The molecule has 0 saturated heterocycles. The number of hydrogen-bond acceptors (Lipinski definition) is 5. The number of nitrogen functional groups attached to an aromatic ring is 1. The maximum absolute atomic E-state index is 10.9. The Labute approximate surface area is 91.7 Å². The molecule has 15 heavy (non-hydrogen) atoms. The summed E-state index contributed by atoms with van der Waals surface area (Å²) in [6, 6.07) is 0. The predicted molar refractivity (Wildman–Crippen MR) is 55.6 cm³/mol. The molecule has 82 valence electrons. The minimum absolute atomic E-state index is 0.159. The van der Waals surface area contributed by atoms with E-state index in [9.17, 15) is 9.90 Å². The van der Waals surface area contributed by atoms with Crippen LogP contribution in [0.5, 0.6) is 0 Å². The van der Waals surface area contributed by atoms with Crippen molar-refractivity contribution in [2.45, 2.75) is 32.5 Å². The summed E-state index contributed by atoms with van der Waals surface area (Å²) in [6.07, 6.45) is 0.569. The van der Waals surface area contributed by atoms with Crippen LogP contribution in [0.4, 0.5) is 5.00 Å².